The molecule has 0 bridgehead atoms. The summed E-state index contributed by atoms with van der Waals surface area (Å²) in [5, 5.41) is 2.94. The van der Waals surface area contributed by atoms with Crippen molar-refractivity contribution in [2.75, 3.05) is 12.4 Å². The summed E-state index contributed by atoms with van der Waals surface area (Å²) in [7, 11) is 1.28. The van der Waals surface area contributed by atoms with E-state index in [0.29, 0.717) is 16.3 Å². The molecule has 15 heavy (non-hydrogen) atoms. The van der Waals surface area contributed by atoms with Gasteiger partial charge in [-0.3, -0.25) is 4.79 Å². The van der Waals surface area contributed by atoms with Gasteiger partial charge in [-0.2, -0.15) is 0 Å². The van der Waals surface area contributed by atoms with Crippen LogP contribution >= 0.6 is 11.6 Å². The fourth-order valence-electron chi connectivity index (χ4n) is 1.60. The van der Waals surface area contributed by atoms with Crippen LogP contribution < -0.4 is 5.32 Å². The summed E-state index contributed by atoms with van der Waals surface area (Å²) in [4.78, 5) is 22.6. The number of carbonyl (C=O) groups is 2. The van der Waals surface area contributed by atoms with E-state index in [1.54, 1.807) is 12.1 Å². The first-order valence-corrected chi connectivity index (χ1v) is 4.71. The number of ether oxygens (including phenoxy) is 1. The molecule has 0 radical (unpaired) electrons. The van der Waals surface area contributed by atoms with Gasteiger partial charge in [0.05, 0.1) is 24.1 Å². The fourth-order valence-corrected chi connectivity index (χ4v) is 1.85. The van der Waals surface area contributed by atoms with Crippen LogP contribution in [-0.2, 0) is 16.0 Å². The number of esters is 1. The van der Waals surface area contributed by atoms with E-state index in [-0.39, 0.29) is 17.9 Å². The molecule has 0 aliphatic carbocycles. The van der Waals surface area contributed by atoms with Gasteiger partial charge in [-0.1, -0.05) is 11.6 Å². The number of fused-ring (bicyclic) bond motifs is 1. The number of carbonyl (C=O) groups excluding carboxylic acids is 2. The normalized spacial score (nSPS) is 13.3. The molecule has 4 nitrogen and oxygen atoms in total. The van der Waals surface area contributed by atoms with Crippen molar-refractivity contribution in [1.29, 1.82) is 0 Å². The van der Waals surface area contributed by atoms with Crippen LogP contribution in [0.2, 0.25) is 5.02 Å². The average molecular weight is 226 g/mol. The molecule has 1 aromatic carbocycles. The Morgan fingerprint density at radius 2 is 2.27 bits per heavy atom. The van der Waals surface area contributed by atoms with Gasteiger partial charge < -0.3 is 10.1 Å². The standard InChI is InChI=1S/C10H8ClNO3/c1-15-10(14)9-5-4-8(13)12-7(5)3-2-6(9)11/h2-3H,4H2,1H3,(H,12,13). The van der Waals surface area contributed by atoms with Gasteiger partial charge in [-0.05, 0) is 12.1 Å². The van der Waals surface area contributed by atoms with Gasteiger partial charge in [0.1, 0.15) is 0 Å². The van der Waals surface area contributed by atoms with Crippen molar-refractivity contribution in [2.45, 2.75) is 6.42 Å². The van der Waals surface area contributed by atoms with Crippen LogP contribution in [-0.4, -0.2) is 19.0 Å². The van der Waals surface area contributed by atoms with Crippen LogP contribution in [0.3, 0.4) is 0 Å². The van der Waals surface area contributed by atoms with Gasteiger partial charge in [-0.25, -0.2) is 4.79 Å². The second kappa shape index (κ2) is 3.55. The highest BCUT2D eigenvalue weighted by molar-refractivity contribution is 6.34. The van der Waals surface area contributed by atoms with Crippen molar-refractivity contribution in [3.63, 3.8) is 0 Å². The van der Waals surface area contributed by atoms with E-state index in [1.165, 1.54) is 7.11 Å². The zero-order valence-corrected chi connectivity index (χ0v) is 8.72. The number of halogens is 1. The summed E-state index contributed by atoms with van der Waals surface area (Å²) in [6.07, 6.45) is 0.167. The maximum Gasteiger partial charge on any atom is 0.339 e. The van der Waals surface area contributed by atoms with Crippen molar-refractivity contribution >= 4 is 29.2 Å². The van der Waals surface area contributed by atoms with Crippen LogP contribution in [0.1, 0.15) is 15.9 Å². The van der Waals surface area contributed by atoms with Gasteiger partial charge >= 0.3 is 5.97 Å². The molecule has 2 rings (SSSR count). The molecule has 0 spiro atoms. The van der Waals surface area contributed by atoms with Gasteiger partial charge in [0.25, 0.3) is 0 Å². The molecule has 0 aromatic heterocycles. The lowest BCUT2D eigenvalue weighted by atomic mass is 10.0. The summed E-state index contributed by atoms with van der Waals surface area (Å²) >= 11 is 5.89. The molecule has 1 amide bonds. The Labute approximate surface area is 91.2 Å². The highest BCUT2D eigenvalue weighted by Gasteiger charge is 2.26. The van der Waals surface area contributed by atoms with E-state index in [2.05, 4.69) is 10.1 Å². The maximum atomic E-state index is 11.5. The third-order valence-corrected chi connectivity index (χ3v) is 2.58. The van der Waals surface area contributed by atoms with Crippen molar-refractivity contribution in [3.8, 4) is 0 Å². The summed E-state index contributed by atoms with van der Waals surface area (Å²) in [5.74, 6) is -0.661. The van der Waals surface area contributed by atoms with E-state index < -0.39 is 5.97 Å². The van der Waals surface area contributed by atoms with Crippen molar-refractivity contribution < 1.29 is 14.3 Å². The summed E-state index contributed by atoms with van der Waals surface area (Å²) in [6.45, 7) is 0. The Hall–Kier alpha value is -1.55. The molecule has 1 aliphatic heterocycles. The molecule has 5 heteroatoms. The first-order valence-electron chi connectivity index (χ1n) is 4.33. The monoisotopic (exact) mass is 225 g/mol. The first kappa shape index (κ1) is 9.98. The van der Waals surface area contributed by atoms with Crippen LogP contribution in [0.5, 0.6) is 0 Å². The quantitative estimate of drug-likeness (QED) is 0.739. The molecule has 78 valence electrons. The lowest BCUT2D eigenvalue weighted by Gasteiger charge is -2.06. The van der Waals surface area contributed by atoms with Gasteiger partial charge in [0.2, 0.25) is 5.91 Å². The number of anilines is 1. The fraction of sp³-hybridized carbons (Fsp3) is 0.200. The predicted octanol–water partition coefficient (Wildman–Crippen LogP) is 1.62. The van der Waals surface area contributed by atoms with Gasteiger partial charge in [0, 0.05) is 11.3 Å². The third kappa shape index (κ3) is 1.57. The zero-order valence-electron chi connectivity index (χ0n) is 7.96. The minimum absolute atomic E-state index is 0.141. The SMILES string of the molecule is COC(=O)c1c(Cl)ccc2c1CC(=O)N2. The number of amides is 1. The topological polar surface area (TPSA) is 55.4 Å². The van der Waals surface area contributed by atoms with Crippen molar-refractivity contribution in [2.24, 2.45) is 0 Å². The number of benzene rings is 1. The van der Waals surface area contributed by atoms with Crippen molar-refractivity contribution in [1.82, 2.24) is 0 Å². The predicted molar refractivity (Wildman–Crippen MR) is 55.1 cm³/mol. The molecular formula is C10H8ClNO3. The Morgan fingerprint density at radius 1 is 1.53 bits per heavy atom. The number of rotatable bonds is 1. The van der Waals surface area contributed by atoms with Crippen molar-refractivity contribution in [3.05, 3.63) is 28.3 Å². The van der Waals surface area contributed by atoms with Gasteiger partial charge in [-0.15, -0.1) is 0 Å². The highest BCUT2D eigenvalue weighted by atomic mass is 35.5. The second-order valence-corrected chi connectivity index (χ2v) is 3.57. The highest BCUT2D eigenvalue weighted by Crippen LogP contribution is 2.31. The van der Waals surface area contributed by atoms with E-state index >= 15 is 0 Å². The third-order valence-electron chi connectivity index (χ3n) is 2.26. The number of hydrogen-bond acceptors (Lipinski definition) is 3. The molecule has 1 N–H and O–H groups in total. The molecule has 1 aliphatic rings. The molecule has 0 atom stereocenters. The van der Waals surface area contributed by atoms with Crippen LogP contribution in [0, 0.1) is 0 Å². The Kier molecular flexibility index (Phi) is 2.36. The van der Waals surface area contributed by atoms with E-state index in [0.717, 1.165) is 0 Å². The van der Waals surface area contributed by atoms with Crippen LogP contribution in [0.15, 0.2) is 12.1 Å². The average Bonchev–Trinajstić information content (AvgIpc) is 2.57. The number of hydrogen-bond donors (Lipinski definition) is 1. The van der Waals surface area contributed by atoms with Gasteiger partial charge in [0.15, 0.2) is 0 Å². The summed E-state index contributed by atoms with van der Waals surface area (Å²) in [5.41, 5.74) is 1.51. The summed E-state index contributed by atoms with van der Waals surface area (Å²) in [6, 6.07) is 3.24. The first-order chi connectivity index (χ1) is 7.13. The second-order valence-electron chi connectivity index (χ2n) is 3.17. The van der Waals surface area contributed by atoms with Crippen LogP contribution in [0.25, 0.3) is 0 Å². The number of methoxy groups -OCH3 is 1. The maximum absolute atomic E-state index is 11.5. The van der Waals surface area contributed by atoms with E-state index in [1.807, 2.05) is 0 Å². The minimum Gasteiger partial charge on any atom is -0.465 e. The van der Waals surface area contributed by atoms with E-state index in [9.17, 15) is 9.59 Å². The Morgan fingerprint density at radius 3 is 2.93 bits per heavy atom. The Balaban J connectivity index is 2.59. The minimum atomic E-state index is -0.520. The lowest BCUT2D eigenvalue weighted by Crippen LogP contribution is -2.06. The molecule has 1 heterocycles. The number of nitrogens with one attached hydrogen (secondary N) is 1. The molecule has 0 unspecified atom stereocenters. The molecule has 0 fully saturated rings. The molecule has 0 saturated carbocycles. The zero-order chi connectivity index (χ0) is 11.0. The van der Waals surface area contributed by atoms with E-state index in [4.69, 9.17) is 11.6 Å². The largest absolute Gasteiger partial charge is 0.465 e. The Bertz CT molecular complexity index is 456. The summed E-state index contributed by atoms with van der Waals surface area (Å²) < 4.78 is 4.62. The lowest BCUT2D eigenvalue weighted by molar-refractivity contribution is -0.115. The van der Waals surface area contributed by atoms with Crippen LogP contribution in [0.4, 0.5) is 5.69 Å². The smallest absolute Gasteiger partial charge is 0.339 e. The molecular weight excluding hydrogens is 218 g/mol. The molecule has 1 aromatic rings. The molecule has 0 saturated heterocycles.